The lowest BCUT2D eigenvalue weighted by molar-refractivity contribution is -0.132. The summed E-state index contributed by atoms with van der Waals surface area (Å²) in [7, 11) is 3.02. The van der Waals surface area contributed by atoms with Crippen LogP contribution in [0.1, 0.15) is 6.92 Å². The van der Waals surface area contributed by atoms with Crippen molar-refractivity contribution in [2.45, 2.75) is 6.92 Å². The Morgan fingerprint density at radius 1 is 1.08 bits per heavy atom. The van der Waals surface area contributed by atoms with E-state index < -0.39 is 11.8 Å². The third kappa shape index (κ3) is 3.41. The molecule has 0 atom stereocenters. The number of carbonyl (C=O) groups is 3. The van der Waals surface area contributed by atoms with Gasteiger partial charge in [-0.05, 0) is 36.5 Å². The van der Waals surface area contributed by atoms with Crippen molar-refractivity contribution < 1.29 is 14.4 Å². The lowest BCUT2D eigenvalue weighted by Gasteiger charge is -2.31. The zero-order chi connectivity index (χ0) is 17.9. The fraction of sp³-hybridized carbons (Fsp3) is 0.176. The molecule has 0 unspecified atom stereocenters. The van der Waals surface area contributed by atoms with E-state index in [0.29, 0.717) is 5.69 Å². The number of benzene rings is 1. The first kappa shape index (κ1) is 17.6. The van der Waals surface area contributed by atoms with Crippen LogP contribution in [-0.2, 0) is 14.4 Å². The van der Waals surface area contributed by atoms with Gasteiger partial charge < -0.3 is 0 Å². The van der Waals surface area contributed by atoms with E-state index in [-0.39, 0.29) is 16.6 Å². The van der Waals surface area contributed by atoms with Crippen LogP contribution in [0.5, 0.6) is 0 Å². The van der Waals surface area contributed by atoms with E-state index >= 15 is 0 Å². The van der Waals surface area contributed by atoms with E-state index in [1.807, 2.05) is 18.2 Å². The minimum absolute atomic E-state index is 0.0126. The van der Waals surface area contributed by atoms with Gasteiger partial charge in [-0.15, -0.1) is 0 Å². The Morgan fingerprint density at radius 2 is 1.62 bits per heavy atom. The molecular weight excluding hydrogens is 326 g/mol. The van der Waals surface area contributed by atoms with Crippen molar-refractivity contribution in [3.63, 3.8) is 0 Å². The summed E-state index contributed by atoms with van der Waals surface area (Å²) in [5, 5.41) is 0.153. The molecule has 0 aliphatic carbocycles. The molecule has 1 aromatic carbocycles. The number of likely N-dealkylation sites (N-methyl/N-ethyl adjacent to an activating group) is 2. The molecule has 1 aliphatic heterocycles. The number of carbonyl (C=O) groups excluding carboxylic acids is 3. The molecule has 0 bridgehead atoms. The lowest BCUT2D eigenvalue weighted by Crippen LogP contribution is -2.52. The Kier molecular flexibility index (Phi) is 5.25. The third-order valence-electron chi connectivity index (χ3n) is 3.52. The van der Waals surface area contributed by atoms with E-state index in [9.17, 15) is 14.4 Å². The molecule has 1 fully saturated rings. The maximum absolute atomic E-state index is 12.2. The van der Waals surface area contributed by atoms with Crippen LogP contribution in [0, 0.1) is 0 Å². The van der Waals surface area contributed by atoms with Crippen molar-refractivity contribution in [3.8, 4) is 0 Å². The largest absolute Gasteiger partial charge is 0.288 e. The zero-order valence-electron chi connectivity index (χ0n) is 13.6. The van der Waals surface area contributed by atoms with Crippen LogP contribution in [-0.4, -0.2) is 46.7 Å². The monoisotopic (exact) mass is 343 g/mol. The standard InChI is InChI=1S/C17H17N3O3S/c1-12(21)20(13-8-5-4-6-9-13)11-7-10-14-15(22)18(2)17(24)19(3)16(14)23/h4-11H,1-3H3/b11-7+. The van der Waals surface area contributed by atoms with Gasteiger partial charge in [0.1, 0.15) is 5.57 Å². The van der Waals surface area contributed by atoms with E-state index in [0.717, 1.165) is 0 Å². The summed E-state index contributed by atoms with van der Waals surface area (Å²) in [5.74, 6) is -1.13. The summed E-state index contributed by atoms with van der Waals surface area (Å²) in [4.78, 5) is 40.0. The van der Waals surface area contributed by atoms with Crippen LogP contribution in [0.15, 0.2) is 54.3 Å². The summed E-state index contributed by atoms with van der Waals surface area (Å²) in [6, 6.07) is 9.06. The van der Waals surface area contributed by atoms with Crippen LogP contribution in [0.3, 0.4) is 0 Å². The minimum atomic E-state index is -0.471. The van der Waals surface area contributed by atoms with Gasteiger partial charge in [-0.2, -0.15) is 0 Å². The van der Waals surface area contributed by atoms with Crippen molar-refractivity contribution in [2.75, 3.05) is 19.0 Å². The van der Waals surface area contributed by atoms with Crippen LogP contribution < -0.4 is 4.90 Å². The third-order valence-corrected chi connectivity index (χ3v) is 4.06. The number of nitrogens with zero attached hydrogens (tertiary/aromatic N) is 3. The first-order valence-electron chi connectivity index (χ1n) is 7.18. The van der Waals surface area contributed by atoms with Gasteiger partial charge in [-0.3, -0.25) is 29.1 Å². The normalized spacial score (nSPS) is 15.3. The first-order valence-corrected chi connectivity index (χ1v) is 7.59. The summed E-state index contributed by atoms with van der Waals surface area (Å²) in [5.41, 5.74) is 0.678. The zero-order valence-corrected chi connectivity index (χ0v) is 14.4. The average Bonchev–Trinajstić information content (AvgIpc) is 2.58. The summed E-state index contributed by atoms with van der Waals surface area (Å²) in [6.45, 7) is 1.43. The second kappa shape index (κ2) is 7.18. The van der Waals surface area contributed by atoms with Crippen LogP contribution in [0.25, 0.3) is 0 Å². The molecule has 2 rings (SSSR count). The molecule has 1 saturated heterocycles. The molecule has 0 saturated carbocycles. The van der Waals surface area contributed by atoms with Crippen molar-refractivity contribution in [1.29, 1.82) is 0 Å². The molecular formula is C17H17N3O3S. The number of rotatable bonds is 3. The predicted octanol–water partition coefficient (Wildman–Crippen LogP) is 1.69. The average molecular weight is 343 g/mol. The molecule has 0 N–H and O–H groups in total. The number of hydrogen-bond donors (Lipinski definition) is 0. The highest BCUT2D eigenvalue weighted by Crippen LogP contribution is 2.16. The highest BCUT2D eigenvalue weighted by molar-refractivity contribution is 7.80. The topological polar surface area (TPSA) is 60.9 Å². The number of thiocarbonyl (C=S) groups is 1. The van der Waals surface area contributed by atoms with Gasteiger partial charge >= 0.3 is 0 Å². The Labute approximate surface area is 145 Å². The van der Waals surface area contributed by atoms with Crippen molar-refractivity contribution in [1.82, 2.24) is 9.80 Å². The smallest absolute Gasteiger partial charge is 0.265 e. The molecule has 3 amide bonds. The van der Waals surface area contributed by atoms with E-state index in [2.05, 4.69) is 0 Å². The van der Waals surface area contributed by atoms with Crippen molar-refractivity contribution in [3.05, 3.63) is 54.3 Å². The van der Waals surface area contributed by atoms with Crippen LogP contribution in [0.4, 0.5) is 5.69 Å². The van der Waals surface area contributed by atoms with E-state index in [1.165, 1.54) is 54.1 Å². The van der Waals surface area contributed by atoms with E-state index in [1.54, 1.807) is 12.1 Å². The van der Waals surface area contributed by atoms with Crippen molar-refractivity contribution >= 4 is 40.7 Å². The predicted molar refractivity (Wildman–Crippen MR) is 95.0 cm³/mol. The highest BCUT2D eigenvalue weighted by Gasteiger charge is 2.34. The quantitative estimate of drug-likeness (QED) is 0.476. The molecule has 24 heavy (non-hydrogen) atoms. The molecule has 0 aromatic heterocycles. The molecule has 7 heteroatoms. The van der Waals surface area contributed by atoms with Gasteiger partial charge in [0.2, 0.25) is 5.91 Å². The fourth-order valence-electron chi connectivity index (χ4n) is 2.18. The fourth-order valence-corrected chi connectivity index (χ4v) is 2.35. The summed E-state index contributed by atoms with van der Waals surface area (Å²) < 4.78 is 0. The molecule has 1 aliphatic rings. The second-order valence-electron chi connectivity index (χ2n) is 5.16. The Bertz CT molecular complexity index is 730. The lowest BCUT2D eigenvalue weighted by atomic mass is 10.1. The first-order chi connectivity index (χ1) is 11.3. The van der Waals surface area contributed by atoms with Crippen molar-refractivity contribution in [2.24, 2.45) is 0 Å². The molecule has 0 radical (unpaired) electrons. The van der Waals surface area contributed by atoms with E-state index in [4.69, 9.17) is 12.2 Å². The number of amides is 3. The molecule has 124 valence electrons. The molecule has 0 spiro atoms. The Morgan fingerprint density at radius 3 is 2.12 bits per heavy atom. The maximum Gasteiger partial charge on any atom is 0.265 e. The minimum Gasteiger partial charge on any atom is -0.288 e. The summed E-state index contributed by atoms with van der Waals surface area (Å²) >= 11 is 5.02. The van der Waals surface area contributed by atoms with Gasteiger partial charge in [-0.1, -0.05) is 18.2 Å². The van der Waals surface area contributed by atoms with Gasteiger partial charge in [0.25, 0.3) is 11.8 Å². The molecule has 6 nitrogen and oxygen atoms in total. The Hall–Kier alpha value is -2.80. The number of allylic oxidation sites excluding steroid dienone is 2. The second-order valence-corrected chi connectivity index (χ2v) is 5.52. The van der Waals surface area contributed by atoms with Crippen LogP contribution in [0.2, 0.25) is 0 Å². The van der Waals surface area contributed by atoms with Gasteiger partial charge in [-0.25, -0.2) is 0 Å². The SMILES string of the molecule is CC(=O)N(/C=C/C=C1C(=O)N(C)C(=S)N(C)C1=O)c1ccccc1. The van der Waals surface area contributed by atoms with Gasteiger partial charge in [0, 0.05) is 32.9 Å². The van der Waals surface area contributed by atoms with Gasteiger partial charge in [0.05, 0.1) is 0 Å². The van der Waals surface area contributed by atoms with Gasteiger partial charge in [0.15, 0.2) is 5.11 Å². The summed E-state index contributed by atoms with van der Waals surface area (Å²) in [6.07, 6.45) is 4.39. The molecule has 1 heterocycles. The number of anilines is 1. The highest BCUT2D eigenvalue weighted by atomic mass is 32.1. The van der Waals surface area contributed by atoms with Crippen LogP contribution >= 0.6 is 12.2 Å². The maximum atomic E-state index is 12.2. The number of para-hydroxylation sites is 1. The number of hydrogen-bond acceptors (Lipinski definition) is 4. The Balaban J connectivity index is 2.28. The molecule has 1 aromatic rings.